The number of hydrogen-bond donors (Lipinski definition) is 1. The molecule has 10 heteroatoms. The number of amides is 1. The number of likely N-dealkylation sites (tertiary alicyclic amines) is 1. The van der Waals surface area contributed by atoms with E-state index in [0.29, 0.717) is 18.2 Å². The summed E-state index contributed by atoms with van der Waals surface area (Å²) in [5.41, 5.74) is 2.46. The van der Waals surface area contributed by atoms with E-state index < -0.39 is 5.92 Å². The zero-order chi connectivity index (χ0) is 19.7. The summed E-state index contributed by atoms with van der Waals surface area (Å²) in [6.45, 7) is 2.87. The van der Waals surface area contributed by atoms with Crippen molar-refractivity contribution in [2.75, 3.05) is 26.2 Å². The molecule has 0 radical (unpaired) electrons. The van der Waals surface area contributed by atoms with Crippen LogP contribution in [0.3, 0.4) is 0 Å². The van der Waals surface area contributed by atoms with Crippen molar-refractivity contribution in [3.05, 3.63) is 34.2 Å². The van der Waals surface area contributed by atoms with Gasteiger partial charge in [-0.25, -0.2) is 23.7 Å². The van der Waals surface area contributed by atoms with Crippen LogP contribution < -0.4 is 10.1 Å². The van der Waals surface area contributed by atoms with E-state index in [0.717, 1.165) is 10.4 Å². The fraction of sp³-hybridized carbons (Fsp3) is 0.556. The molecule has 2 aromatic heterocycles. The molecule has 1 N–H and O–H groups in total. The van der Waals surface area contributed by atoms with Crippen molar-refractivity contribution < 1.29 is 18.3 Å². The first-order valence-electron chi connectivity index (χ1n) is 9.17. The van der Waals surface area contributed by atoms with Crippen LogP contribution in [0.1, 0.15) is 41.1 Å². The normalized spacial score (nSPS) is 22.3. The van der Waals surface area contributed by atoms with Crippen molar-refractivity contribution in [1.29, 1.82) is 0 Å². The molecular weight excluding hydrogens is 388 g/mol. The van der Waals surface area contributed by atoms with Gasteiger partial charge in [-0.2, -0.15) is 0 Å². The van der Waals surface area contributed by atoms with Gasteiger partial charge in [-0.15, -0.1) is 11.3 Å². The molecule has 28 heavy (non-hydrogen) atoms. The van der Waals surface area contributed by atoms with Crippen LogP contribution in [0, 0.1) is 6.92 Å². The van der Waals surface area contributed by atoms with Crippen molar-refractivity contribution >= 4 is 17.2 Å². The maximum absolute atomic E-state index is 13.6. The maximum atomic E-state index is 13.6. The molecule has 0 spiro atoms. The number of aromatic nitrogens is 3. The minimum absolute atomic E-state index is 0.150. The monoisotopic (exact) mass is 409 g/mol. The molecule has 4 rings (SSSR count). The van der Waals surface area contributed by atoms with E-state index in [1.54, 1.807) is 24.8 Å². The lowest BCUT2D eigenvalue weighted by Crippen LogP contribution is -2.45. The van der Waals surface area contributed by atoms with Gasteiger partial charge in [0, 0.05) is 50.4 Å². The molecule has 0 aromatic carbocycles. The van der Waals surface area contributed by atoms with Crippen molar-refractivity contribution in [1.82, 2.24) is 25.2 Å². The molecule has 1 fully saturated rings. The van der Waals surface area contributed by atoms with E-state index in [1.807, 2.05) is 4.90 Å². The van der Waals surface area contributed by atoms with Crippen molar-refractivity contribution in [2.45, 2.75) is 37.6 Å². The standard InChI is InChI=1S/C18H21F2N5O2S/c1-11-21-6-12(7-22-11)14(25-4-2-18(19,20)3-5-25)8-23-16(26)13-9-27-17-15(13)28-10-24-17/h6-7,10,13-14H,2-5,8-9H2,1H3,(H,23,26). The zero-order valence-electron chi connectivity index (χ0n) is 15.4. The Morgan fingerprint density at radius 2 is 2.07 bits per heavy atom. The predicted molar refractivity (Wildman–Crippen MR) is 98.6 cm³/mol. The number of halogens is 2. The van der Waals surface area contributed by atoms with Gasteiger partial charge in [0.05, 0.1) is 16.4 Å². The van der Waals surface area contributed by atoms with Crippen LogP contribution in [0.4, 0.5) is 8.78 Å². The topological polar surface area (TPSA) is 80.2 Å². The van der Waals surface area contributed by atoms with Crippen LogP contribution in [-0.2, 0) is 4.79 Å². The molecule has 2 aliphatic heterocycles. The number of hydrogen-bond acceptors (Lipinski definition) is 7. The number of rotatable bonds is 5. The summed E-state index contributed by atoms with van der Waals surface area (Å²) in [5.74, 6) is -2.01. The molecule has 1 saturated heterocycles. The molecule has 4 heterocycles. The fourth-order valence-electron chi connectivity index (χ4n) is 3.53. The zero-order valence-corrected chi connectivity index (χ0v) is 16.2. The smallest absolute Gasteiger partial charge is 0.250 e. The van der Waals surface area contributed by atoms with Crippen molar-refractivity contribution in [2.24, 2.45) is 0 Å². The summed E-state index contributed by atoms with van der Waals surface area (Å²) in [6, 6.07) is -0.260. The van der Waals surface area contributed by atoms with Crippen LogP contribution >= 0.6 is 11.3 Å². The van der Waals surface area contributed by atoms with Crippen LogP contribution in [0.2, 0.25) is 0 Å². The van der Waals surface area contributed by atoms with Crippen molar-refractivity contribution in [3.8, 4) is 5.88 Å². The van der Waals surface area contributed by atoms with Crippen LogP contribution in [0.25, 0.3) is 0 Å². The second-order valence-corrected chi connectivity index (χ2v) is 7.99. The number of carbonyl (C=O) groups excluding carboxylic acids is 1. The van der Waals surface area contributed by atoms with Crippen LogP contribution in [0.5, 0.6) is 5.88 Å². The first-order chi connectivity index (χ1) is 13.4. The molecule has 2 aliphatic rings. The summed E-state index contributed by atoms with van der Waals surface area (Å²) in [5, 5.41) is 2.96. The maximum Gasteiger partial charge on any atom is 0.250 e. The Morgan fingerprint density at radius 3 is 2.79 bits per heavy atom. The summed E-state index contributed by atoms with van der Waals surface area (Å²) in [7, 11) is 0. The van der Waals surface area contributed by atoms with E-state index in [2.05, 4.69) is 20.3 Å². The van der Waals surface area contributed by atoms with Gasteiger partial charge in [0.15, 0.2) is 0 Å². The van der Waals surface area contributed by atoms with Crippen LogP contribution in [-0.4, -0.2) is 57.9 Å². The lowest BCUT2D eigenvalue weighted by molar-refractivity contribution is -0.123. The van der Waals surface area contributed by atoms with Gasteiger partial charge in [0.2, 0.25) is 11.8 Å². The van der Waals surface area contributed by atoms with E-state index in [-0.39, 0.29) is 50.4 Å². The molecule has 0 aliphatic carbocycles. The molecule has 2 atom stereocenters. The SMILES string of the molecule is Cc1ncc(C(CNC(=O)C2COc3ncsc32)N2CCC(F)(F)CC2)cn1. The Morgan fingerprint density at radius 1 is 1.36 bits per heavy atom. The molecule has 0 saturated carbocycles. The highest BCUT2D eigenvalue weighted by Crippen LogP contribution is 2.36. The number of nitrogens with zero attached hydrogens (tertiary/aromatic N) is 4. The Balaban J connectivity index is 1.46. The third-order valence-corrected chi connectivity index (χ3v) is 6.13. The summed E-state index contributed by atoms with van der Waals surface area (Å²) in [6.07, 6.45) is 3.02. The minimum Gasteiger partial charge on any atom is -0.476 e. The van der Waals surface area contributed by atoms with Gasteiger partial charge in [0.25, 0.3) is 5.92 Å². The first-order valence-corrected chi connectivity index (χ1v) is 10.1. The molecule has 150 valence electrons. The van der Waals surface area contributed by atoms with Gasteiger partial charge in [0.1, 0.15) is 18.3 Å². The quantitative estimate of drug-likeness (QED) is 0.816. The van der Waals surface area contributed by atoms with Gasteiger partial charge >= 0.3 is 0 Å². The largest absolute Gasteiger partial charge is 0.476 e. The van der Waals surface area contributed by atoms with E-state index in [9.17, 15) is 13.6 Å². The first kappa shape index (κ1) is 19.1. The molecule has 2 aromatic rings. The van der Waals surface area contributed by atoms with Gasteiger partial charge in [-0.1, -0.05) is 0 Å². The number of carbonyl (C=O) groups is 1. The van der Waals surface area contributed by atoms with Gasteiger partial charge in [-0.3, -0.25) is 9.69 Å². The van der Waals surface area contributed by atoms with Crippen LogP contribution in [0.15, 0.2) is 17.9 Å². The molecule has 1 amide bonds. The van der Waals surface area contributed by atoms with Gasteiger partial charge in [-0.05, 0) is 6.92 Å². The highest BCUT2D eigenvalue weighted by atomic mass is 32.1. The van der Waals surface area contributed by atoms with Crippen molar-refractivity contribution in [3.63, 3.8) is 0 Å². The number of nitrogens with one attached hydrogen (secondary N) is 1. The second kappa shape index (κ2) is 7.67. The molecule has 0 bridgehead atoms. The van der Waals surface area contributed by atoms with E-state index in [1.165, 1.54) is 11.3 Å². The number of piperidine rings is 1. The Bertz CT molecular complexity index is 835. The predicted octanol–water partition coefficient (Wildman–Crippen LogP) is 2.31. The Labute approximate surface area is 165 Å². The fourth-order valence-corrected chi connectivity index (χ4v) is 4.35. The molecular formula is C18H21F2N5O2S. The Kier molecular flexibility index (Phi) is 5.24. The van der Waals surface area contributed by atoms with Gasteiger partial charge < -0.3 is 10.1 Å². The summed E-state index contributed by atoms with van der Waals surface area (Å²) < 4.78 is 32.6. The third-order valence-electron chi connectivity index (χ3n) is 5.21. The summed E-state index contributed by atoms with van der Waals surface area (Å²) >= 11 is 1.40. The second-order valence-electron chi connectivity index (χ2n) is 7.10. The van der Waals surface area contributed by atoms with E-state index >= 15 is 0 Å². The number of alkyl halides is 2. The van der Waals surface area contributed by atoms with E-state index in [4.69, 9.17) is 4.74 Å². The number of ether oxygens (including phenoxy) is 1. The lowest BCUT2D eigenvalue weighted by Gasteiger charge is -2.37. The number of thiazole rings is 1. The number of aryl methyl sites for hydroxylation is 1. The molecule has 2 unspecified atom stereocenters. The highest BCUT2D eigenvalue weighted by Gasteiger charge is 2.38. The molecule has 7 nitrogen and oxygen atoms in total. The average molecular weight is 409 g/mol. The average Bonchev–Trinajstić information content (AvgIpc) is 3.27. The Hall–Kier alpha value is -2.20. The summed E-state index contributed by atoms with van der Waals surface area (Å²) in [4.78, 5) is 28.0. The highest BCUT2D eigenvalue weighted by molar-refractivity contribution is 7.10. The minimum atomic E-state index is -2.63. The lowest BCUT2D eigenvalue weighted by atomic mass is 10.0. The number of fused-ring (bicyclic) bond motifs is 1. The third kappa shape index (κ3) is 3.97.